The highest BCUT2D eigenvalue weighted by molar-refractivity contribution is 5.90. The molecule has 25 heavy (non-hydrogen) atoms. The van der Waals surface area contributed by atoms with Crippen LogP contribution < -0.4 is 0 Å². The molecule has 7 heteroatoms. The number of esters is 2. The van der Waals surface area contributed by atoms with Crippen molar-refractivity contribution in [2.24, 2.45) is 0 Å². The fraction of sp³-hybridized carbons (Fsp3) is 0.667. The van der Waals surface area contributed by atoms with Gasteiger partial charge in [0, 0.05) is 25.1 Å². The van der Waals surface area contributed by atoms with E-state index in [4.69, 9.17) is 14.2 Å². The summed E-state index contributed by atoms with van der Waals surface area (Å²) < 4.78 is 16.9. The van der Waals surface area contributed by atoms with E-state index in [1.807, 2.05) is 6.08 Å². The Balaban J connectivity index is 1.67. The van der Waals surface area contributed by atoms with Crippen molar-refractivity contribution in [2.75, 3.05) is 26.3 Å². The standard InChI is InChI=1S/C18H23NO6/c1-3-11-8-18(10-20)17(2,25-18)16(22)23-9-12-4-6-19-7-5-13(14(12)19)24-15(11)21/h3-4,13-14,20H,5-10H2,1-2H3/b11-3-/t13-,14-,17?,18-/m1/s1. The average molecular weight is 349 g/mol. The van der Waals surface area contributed by atoms with Crippen molar-refractivity contribution in [3.63, 3.8) is 0 Å². The number of epoxide rings is 1. The molecule has 0 aromatic carbocycles. The van der Waals surface area contributed by atoms with Gasteiger partial charge in [0.25, 0.3) is 0 Å². The molecule has 0 aromatic rings. The molecule has 1 unspecified atom stereocenters. The van der Waals surface area contributed by atoms with Gasteiger partial charge in [-0.3, -0.25) is 4.90 Å². The zero-order valence-corrected chi connectivity index (χ0v) is 14.5. The minimum Gasteiger partial charge on any atom is -0.459 e. The zero-order valence-electron chi connectivity index (χ0n) is 14.5. The van der Waals surface area contributed by atoms with E-state index in [1.54, 1.807) is 19.9 Å². The number of aliphatic hydroxyl groups is 1. The second kappa shape index (κ2) is 5.65. The van der Waals surface area contributed by atoms with Gasteiger partial charge in [0.2, 0.25) is 0 Å². The molecule has 0 aliphatic carbocycles. The van der Waals surface area contributed by atoms with Crippen LogP contribution in [0, 0.1) is 0 Å². The van der Waals surface area contributed by atoms with Gasteiger partial charge in [-0.05, 0) is 25.8 Å². The number of hydrogen-bond acceptors (Lipinski definition) is 7. The molecule has 136 valence electrons. The number of hydrogen-bond donors (Lipinski definition) is 1. The SMILES string of the molecule is C/C=C1/C[C@]2(CO)OC2(C)C(=O)OCC2=CCN3CC[C@@H](OC1=O)[C@@H]23. The minimum absolute atomic E-state index is 0.0233. The topological polar surface area (TPSA) is 88.6 Å². The van der Waals surface area contributed by atoms with Crippen molar-refractivity contribution >= 4 is 11.9 Å². The van der Waals surface area contributed by atoms with Crippen LogP contribution in [0.1, 0.15) is 26.7 Å². The highest BCUT2D eigenvalue weighted by atomic mass is 16.7. The summed E-state index contributed by atoms with van der Waals surface area (Å²) in [6, 6.07) is -0.0233. The number of nitrogens with zero attached hydrogens (tertiary/aromatic N) is 1. The van der Waals surface area contributed by atoms with Crippen molar-refractivity contribution in [2.45, 2.75) is 50.0 Å². The van der Waals surface area contributed by atoms with Crippen LogP contribution in [0.2, 0.25) is 0 Å². The van der Waals surface area contributed by atoms with Crippen LogP contribution in [-0.4, -0.2) is 71.6 Å². The summed E-state index contributed by atoms with van der Waals surface area (Å²) in [6.07, 6.45) is 4.34. The summed E-state index contributed by atoms with van der Waals surface area (Å²) in [5.41, 5.74) is -1.00. The molecule has 4 aliphatic heterocycles. The van der Waals surface area contributed by atoms with E-state index in [0.717, 1.165) is 25.1 Å². The lowest BCUT2D eigenvalue weighted by atomic mass is 9.88. The van der Waals surface area contributed by atoms with E-state index < -0.39 is 23.1 Å². The van der Waals surface area contributed by atoms with Crippen LogP contribution in [0.4, 0.5) is 0 Å². The average Bonchev–Trinajstić information content (AvgIpc) is 2.90. The van der Waals surface area contributed by atoms with E-state index >= 15 is 0 Å². The Morgan fingerprint density at radius 1 is 1.44 bits per heavy atom. The Labute approximate surface area is 146 Å². The molecule has 0 aromatic heterocycles. The van der Waals surface area contributed by atoms with Crippen molar-refractivity contribution in [3.05, 3.63) is 23.3 Å². The van der Waals surface area contributed by atoms with Gasteiger partial charge in [0.15, 0.2) is 5.60 Å². The summed E-state index contributed by atoms with van der Waals surface area (Å²) in [6.45, 7) is 4.76. The summed E-state index contributed by atoms with van der Waals surface area (Å²) >= 11 is 0. The number of cyclic esters (lactones) is 1. The third-order valence-corrected chi connectivity index (χ3v) is 6.00. The molecule has 4 aliphatic rings. The molecule has 3 fully saturated rings. The lowest BCUT2D eigenvalue weighted by Gasteiger charge is -2.26. The lowest BCUT2D eigenvalue weighted by Crippen LogP contribution is -2.40. The monoisotopic (exact) mass is 349 g/mol. The smallest absolute Gasteiger partial charge is 0.341 e. The molecule has 4 atom stereocenters. The molecule has 3 saturated heterocycles. The molecule has 0 bridgehead atoms. The van der Waals surface area contributed by atoms with E-state index in [9.17, 15) is 14.7 Å². The van der Waals surface area contributed by atoms with E-state index in [0.29, 0.717) is 5.57 Å². The molecule has 4 rings (SSSR count). The fourth-order valence-electron chi connectivity index (χ4n) is 4.26. The zero-order chi connectivity index (χ0) is 17.8. The predicted octanol–water partition coefficient (Wildman–Crippen LogP) is 0.326. The highest BCUT2D eigenvalue weighted by Crippen LogP contribution is 2.52. The second-order valence-corrected chi connectivity index (χ2v) is 7.31. The maximum absolute atomic E-state index is 12.7. The number of ether oxygens (including phenoxy) is 3. The van der Waals surface area contributed by atoms with Crippen LogP contribution in [0.5, 0.6) is 0 Å². The van der Waals surface area contributed by atoms with Gasteiger partial charge in [0.05, 0.1) is 12.6 Å². The van der Waals surface area contributed by atoms with Crippen LogP contribution in [0.15, 0.2) is 23.3 Å². The molecule has 7 nitrogen and oxygen atoms in total. The van der Waals surface area contributed by atoms with E-state index in [-0.39, 0.29) is 31.8 Å². The molecule has 1 N–H and O–H groups in total. The van der Waals surface area contributed by atoms with Crippen LogP contribution in [0.25, 0.3) is 0 Å². The number of aliphatic hydroxyl groups excluding tert-OH is 1. The Bertz CT molecular complexity index is 685. The summed E-state index contributed by atoms with van der Waals surface area (Å²) in [5, 5.41) is 9.80. The molecule has 0 saturated carbocycles. The third-order valence-electron chi connectivity index (χ3n) is 6.00. The van der Waals surface area contributed by atoms with Gasteiger partial charge in [-0.25, -0.2) is 9.59 Å². The van der Waals surface area contributed by atoms with Gasteiger partial charge in [-0.15, -0.1) is 0 Å². The summed E-state index contributed by atoms with van der Waals surface area (Å²) in [4.78, 5) is 27.5. The molecule has 4 heterocycles. The number of fused-ring (bicyclic) bond motifs is 1. The number of rotatable bonds is 1. The summed E-state index contributed by atoms with van der Waals surface area (Å²) in [5.74, 6) is -0.903. The van der Waals surface area contributed by atoms with E-state index in [1.165, 1.54) is 0 Å². The van der Waals surface area contributed by atoms with Crippen molar-refractivity contribution in [1.29, 1.82) is 0 Å². The van der Waals surface area contributed by atoms with Crippen molar-refractivity contribution in [1.82, 2.24) is 4.90 Å². The van der Waals surface area contributed by atoms with Gasteiger partial charge in [0.1, 0.15) is 18.3 Å². The molecular formula is C18H23NO6. The van der Waals surface area contributed by atoms with Gasteiger partial charge in [-0.1, -0.05) is 12.2 Å². The van der Waals surface area contributed by atoms with Crippen molar-refractivity contribution in [3.8, 4) is 0 Å². The molecule has 0 radical (unpaired) electrons. The van der Waals surface area contributed by atoms with Crippen LogP contribution in [0.3, 0.4) is 0 Å². The Morgan fingerprint density at radius 3 is 2.96 bits per heavy atom. The molecule has 0 spiro atoms. The summed E-state index contributed by atoms with van der Waals surface area (Å²) in [7, 11) is 0. The van der Waals surface area contributed by atoms with Gasteiger partial charge < -0.3 is 19.3 Å². The van der Waals surface area contributed by atoms with Crippen LogP contribution >= 0.6 is 0 Å². The lowest BCUT2D eigenvalue weighted by molar-refractivity contribution is -0.150. The fourth-order valence-corrected chi connectivity index (χ4v) is 4.26. The van der Waals surface area contributed by atoms with Gasteiger partial charge >= 0.3 is 11.9 Å². The largest absolute Gasteiger partial charge is 0.459 e. The van der Waals surface area contributed by atoms with Gasteiger partial charge in [-0.2, -0.15) is 0 Å². The Kier molecular flexibility index (Phi) is 3.79. The highest BCUT2D eigenvalue weighted by Gasteiger charge is 2.73. The molecule has 0 amide bonds. The van der Waals surface area contributed by atoms with E-state index in [2.05, 4.69) is 4.90 Å². The number of carbonyl (C=O) groups excluding carboxylic acids is 2. The first-order valence-electron chi connectivity index (χ1n) is 8.71. The maximum Gasteiger partial charge on any atom is 0.341 e. The first kappa shape index (κ1) is 16.8. The quantitative estimate of drug-likeness (QED) is 0.316. The Hall–Kier alpha value is -1.70. The van der Waals surface area contributed by atoms with Crippen LogP contribution in [-0.2, 0) is 23.8 Å². The number of allylic oxidation sites excluding steroid dienone is 1. The predicted molar refractivity (Wildman–Crippen MR) is 86.6 cm³/mol. The van der Waals surface area contributed by atoms with Crippen molar-refractivity contribution < 1.29 is 28.9 Å². The first-order chi connectivity index (χ1) is 11.9. The number of carbonyl (C=O) groups is 2. The normalized spacial score (nSPS) is 42.7. The maximum atomic E-state index is 12.7. The molecular weight excluding hydrogens is 326 g/mol. The minimum atomic E-state index is -1.25. The second-order valence-electron chi connectivity index (χ2n) is 7.31. The first-order valence-corrected chi connectivity index (χ1v) is 8.71. The Morgan fingerprint density at radius 2 is 2.24 bits per heavy atom. The third kappa shape index (κ3) is 2.37.